The van der Waals surface area contributed by atoms with Gasteiger partial charge in [0, 0.05) is 50.9 Å². The van der Waals surface area contributed by atoms with E-state index >= 15 is 0 Å². The molecule has 0 radical (unpaired) electrons. The van der Waals surface area contributed by atoms with Crippen molar-refractivity contribution >= 4 is 29.1 Å². The van der Waals surface area contributed by atoms with Crippen LogP contribution in [-0.4, -0.2) is 66.8 Å². The van der Waals surface area contributed by atoms with Gasteiger partial charge in [0.15, 0.2) is 0 Å². The fraction of sp³-hybridized carbons (Fsp3) is 0.588. The van der Waals surface area contributed by atoms with Crippen molar-refractivity contribution in [1.29, 1.82) is 0 Å². The van der Waals surface area contributed by atoms with Gasteiger partial charge in [0.1, 0.15) is 5.75 Å². The van der Waals surface area contributed by atoms with Crippen LogP contribution in [-0.2, 0) is 9.53 Å². The first-order chi connectivity index (χ1) is 11.5. The van der Waals surface area contributed by atoms with Crippen molar-refractivity contribution in [2.45, 2.75) is 24.8 Å². The Morgan fingerprint density at radius 2 is 2.12 bits per heavy atom. The Morgan fingerprint density at radius 3 is 2.88 bits per heavy atom. The number of fused-ring (bicyclic) bond motifs is 1. The second-order valence-corrected chi connectivity index (χ2v) is 7.29. The Bertz CT molecular complexity index is 626. The number of phenolic OH excluding ortho intramolecular Hbond substituents is 1. The van der Waals surface area contributed by atoms with Crippen LogP contribution >= 0.6 is 23.2 Å². The Hall–Kier alpha value is -1.01. The van der Waals surface area contributed by atoms with E-state index in [9.17, 15) is 9.90 Å². The summed E-state index contributed by atoms with van der Waals surface area (Å²) >= 11 is 12.4. The van der Waals surface area contributed by atoms with E-state index in [2.05, 4.69) is 4.90 Å². The summed E-state index contributed by atoms with van der Waals surface area (Å²) in [5, 5.41) is 11.0. The lowest BCUT2D eigenvalue weighted by molar-refractivity contribution is -0.137. The number of rotatable bonds is 5. The molecule has 2 aliphatic rings. The zero-order valence-corrected chi connectivity index (χ0v) is 15.2. The highest BCUT2D eigenvalue weighted by atomic mass is 35.5. The van der Waals surface area contributed by atoms with Crippen molar-refractivity contribution in [2.75, 3.05) is 39.9 Å². The molecule has 0 unspecified atom stereocenters. The third-order valence-corrected chi connectivity index (χ3v) is 5.72. The van der Waals surface area contributed by atoms with Crippen molar-refractivity contribution in [1.82, 2.24) is 9.80 Å². The zero-order valence-electron chi connectivity index (χ0n) is 13.7. The number of carbonyl (C=O) groups excluding carboxylic acids is 1. The van der Waals surface area contributed by atoms with Crippen LogP contribution in [0.5, 0.6) is 5.75 Å². The summed E-state index contributed by atoms with van der Waals surface area (Å²) in [5.74, 6) is 0.312. The van der Waals surface area contributed by atoms with Gasteiger partial charge in [-0.3, -0.25) is 9.69 Å². The fourth-order valence-electron chi connectivity index (χ4n) is 3.80. The number of piperazine rings is 1. The van der Waals surface area contributed by atoms with Gasteiger partial charge in [0.05, 0.1) is 16.6 Å². The molecule has 0 spiro atoms. The number of nitrogens with zero attached hydrogens (tertiary/aromatic N) is 2. The molecule has 2 atom stereocenters. The Balaban J connectivity index is 1.72. The third-order valence-electron chi connectivity index (χ3n) is 4.90. The molecule has 0 aromatic heterocycles. The van der Waals surface area contributed by atoms with Crippen LogP contribution in [0.1, 0.15) is 24.3 Å². The smallest absolute Gasteiger partial charge is 0.237 e. The Labute approximate surface area is 152 Å². The van der Waals surface area contributed by atoms with Crippen molar-refractivity contribution in [2.24, 2.45) is 0 Å². The molecule has 24 heavy (non-hydrogen) atoms. The first kappa shape index (κ1) is 17.8. The van der Waals surface area contributed by atoms with Gasteiger partial charge >= 0.3 is 0 Å². The predicted molar refractivity (Wildman–Crippen MR) is 93.9 cm³/mol. The van der Waals surface area contributed by atoms with Crippen LogP contribution in [0.25, 0.3) is 0 Å². The van der Waals surface area contributed by atoms with Crippen molar-refractivity contribution in [3.05, 3.63) is 27.7 Å². The van der Waals surface area contributed by atoms with E-state index in [1.165, 1.54) is 0 Å². The SMILES string of the molecule is COCCCN1CC(=O)N2C[C@@H](c3c(O)ccc(Cl)c3Cl)C[C@H]2C1. The molecule has 5 nitrogen and oxygen atoms in total. The lowest BCUT2D eigenvalue weighted by Gasteiger charge is -2.36. The quantitative estimate of drug-likeness (QED) is 0.807. The minimum atomic E-state index is 0.0177. The maximum Gasteiger partial charge on any atom is 0.237 e. The highest BCUT2D eigenvalue weighted by Gasteiger charge is 2.41. The van der Waals surface area contributed by atoms with Gasteiger partial charge < -0.3 is 14.7 Å². The first-order valence-corrected chi connectivity index (χ1v) is 8.94. The highest BCUT2D eigenvalue weighted by molar-refractivity contribution is 6.42. The van der Waals surface area contributed by atoms with E-state index in [1.807, 2.05) is 4.90 Å². The van der Waals surface area contributed by atoms with Crippen LogP contribution in [0.2, 0.25) is 10.0 Å². The van der Waals surface area contributed by atoms with Gasteiger partial charge in [-0.1, -0.05) is 23.2 Å². The molecule has 2 aliphatic heterocycles. The number of methoxy groups -OCH3 is 1. The van der Waals surface area contributed by atoms with Gasteiger partial charge in [-0.15, -0.1) is 0 Å². The molecule has 132 valence electrons. The minimum Gasteiger partial charge on any atom is -0.508 e. The molecule has 2 heterocycles. The molecular weight excluding hydrogens is 351 g/mol. The Kier molecular flexibility index (Phi) is 5.55. The summed E-state index contributed by atoms with van der Waals surface area (Å²) in [6.45, 7) is 3.45. The van der Waals surface area contributed by atoms with Gasteiger partial charge in [-0.05, 0) is 25.0 Å². The first-order valence-electron chi connectivity index (χ1n) is 8.19. The van der Waals surface area contributed by atoms with Crippen molar-refractivity contribution < 1.29 is 14.6 Å². The Morgan fingerprint density at radius 1 is 1.33 bits per heavy atom. The van der Waals surface area contributed by atoms with E-state index in [4.69, 9.17) is 27.9 Å². The number of carbonyl (C=O) groups is 1. The number of aromatic hydroxyl groups is 1. The summed E-state index contributed by atoms with van der Waals surface area (Å²) in [4.78, 5) is 16.6. The summed E-state index contributed by atoms with van der Waals surface area (Å²) in [6, 6.07) is 3.32. The number of amides is 1. The zero-order chi connectivity index (χ0) is 17.3. The topological polar surface area (TPSA) is 53.0 Å². The average molecular weight is 373 g/mol. The molecule has 1 aromatic rings. The molecule has 7 heteroatoms. The minimum absolute atomic E-state index is 0.0177. The molecule has 0 bridgehead atoms. The number of halogens is 2. The van der Waals surface area contributed by atoms with Crippen LogP contribution in [0.3, 0.4) is 0 Å². The molecule has 1 amide bonds. The molecular formula is C17H22Cl2N2O3. The van der Waals surface area contributed by atoms with E-state index < -0.39 is 0 Å². The van der Waals surface area contributed by atoms with Gasteiger partial charge in [-0.25, -0.2) is 0 Å². The molecule has 0 saturated carbocycles. The number of ether oxygens (including phenoxy) is 1. The fourth-order valence-corrected chi connectivity index (χ4v) is 4.28. The summed E-state index contributed by atoms with van der Waals surface area (Å²) < 4.78 is 5.08. The molecule has 1 N–H and O–H groups in total. The molecule has 1 aromatic carbocycles. The summed E-state index contributed by atoms with van der Waals surface area (Å²) in [5.41, 5.74) is 0.664. The van der Waals surface area contributed by atoms with Crippen LogP contribution in [0, 0.1) is 0 Å². The lowest BCUT2D eigenvalue weighted by atomic mass is 9.95. The van der Waals surface area contributed by atoms with Crippen LogP contribution in [0.15, 0.2) is 12.1 Å². The van der Waals surface area contributed by atoms with Crippen molar-refractivity contribution in [3.8, 4) is 5.75 Å². The van der Waals surface area contributed by atoms with Gasteiger partial charge in [-0.2, -0.15) is 0 Å². The molecule has 0 aliphatic carbocycles. The number of benzene rings is 1. The van der Waals surface area contributed by atoms with E-state index in [0.717, 1.165) is 25.9 Å². The normalized spacial score (nSPS) is 24.5. The number of hydrogen-bond donors (Lipinski definition) is 1. The monoisotopic (exact) mass is 372 g/mol. The average Bonchev–Trinajstić information content (AvgIpc) is 2.96. The second-order valence-electron chi connectivity index (χ2n) is 6.51. The van der Waals surface area contributed by atoms with Gasteiger partial charge in [0.2, 0.25) is 5.91 Å². The number of phenols is 1. The standard InChI is InChI=1S/C17H22Cl2N2O3/c1-24-6-2-5-20-9-12-7-11(8-21(12)15(23)10-20)16-14(22)4-3-13(18)17(16)19/h3-4,11-12,22H,2,5-10H2,1H3/t11-,12-/m0/s1. The highest BCUT2D eigenvalue weighted by Crippen LogP contribution is 2.43. The van der Waals surface area contributed by atoms with Gasteiger partial charge in [0.25, 0.3) is 0 Å². The van der Waals surface area contributed by atoms with E-state index in [1.54, 1.807) is 19.2 Å². The molecule has 2 saturated heterocycles. The predicted octanol–water partition coefficient (Wildman–Crippen LogP) is 2.74. The van der Waals surface area contributed by atoms with Crippen LogP contribution in [0.4, 0.5) is 0 Å². The van der Waals surface area contributed by atoms with E-state index in [-0.39, 0.29) is 23.6 Å². The summed E-state index contributed by atoms with van der Waals surface area (Å²) in [7, 11) is 1.69. The van der Waals surface area contributed by atoms with E-state index in [0.29, 0.717) is 35.3 Å². The molecule has 2 fully saturated rings. The lowest BCUT2D eigenvalue weighted by Crippen LogP contribution is -2.53. The van der Waals surface area contributed by atoms with Crippen molar-refractivity contribution in [3.63, 3.8) is 0 Å². The maximum absolute atomic E-state index is 12.5. The molecule has 3 rings (SSSR count). The maximum atomic E-state index is 12.5. The largest absolute Gasteiger partial charge is 0.508 e. The number of hydrogen-bond acceptors (Lipinski definition) is 4. The summed E-state index contributed by atoms with van der Waals surface area (Å²) in [6.07, 6.45) is 1.71. The third kappa shape index (κ3) is 3.49. The van der Waals surface area contributed by atoms with Crippen LogP contribution < -0.4 is 0 Å². The second kappa shape index (κ2) is 7.48.